The van der Waals surface area contributed by atoms with Gasteiger partial charge in [-0.05, 0) is 44.2 Å². The summed E-state index contributed by atoms with van der Waals surface area (Å²) in [5, 5.41) is 0. The standard InChI is InChI=1S/C17H18N4O5S2/c1-10(2)26-13-8-7-11(9-14(13)25-3)17(22)18-21-28(23,24)15-6-4-5-12-16(15)20-27-19-12/h4-10,21H,1-3H3,(H,18,22). The smallest absolute Gasteiger partial charge is 0.266 e. The van der Waals surface area contributed by atoms with Crippen molar-refractivity contribution in [2.75, 3.05) is 7.11 Å². The largest absolute Gasteiger partial charge is 0.493 e. The summed E-state index contributed by atoms with van der Waals surface area (Å²) in [4.78, 5) is 14.4. The Morgan fingerprint density at radius 3 is 2.64 bits per heavy atom. The maximum atomic E-state index is 12.5. The zero-order valence-electron chi connectivity index (χ0n) is 15.3. The second kappa shape index (κ2) is 8.09. The normalized spacial score (nSPS) is 11.6. The molecule has 1 aromatic heterocycles. The summed E-state index contributed by atoms with van der Waals surface area (Å²) in [5.74, 6) is 0.196. The van der Waals surface area contributed by atoms with Crippen molar-refractivity contribution >= 4 is 38.7 Å². The van der Waals surface area contributed by atoms with Crippen LogP contribution >= 0.6 is 11.7 Å². The fourth-order valence-electron chi connectivity index (χ4n) is 2.40. The van der Waals surface area contributed by atoms with Gasteiger partial charge >= 0.3 is 0 Å². The zero-order chi connectivity index (χ0) is 20.3. The quantitative estimate of drug-likeness (QED) is 0.560. The number of methoxy groups -OCH3 is 1. The van der Waals surface area contributed by atoms with E-state index in [2.05, 4.69) is 19.0 Å². The maximum absolute atomic E-state index is 12.5. The molecule has 2 N–H and O–H groups in total. The third-order valence-corrected chi connectivity index (χ3v) is 5.45. The van der Waals surface area contributed by atoms with Crippen LogP contribution in [0, 0.1) is 0 Å². The van der Waals surface area contributed by atoms with Crippen LogP contribution in [-0.2, 0) is 10.0 Å². The van der Waals surface area contributed by atoms with Crippen LogP contribution in [0.25, 0.3) is 11.0 Å². The van der Waals surface area contributed by atoms with E-state index in [1.807, 2.05) is 13.8 Å². The van der Waals surface area contributed by atoms with Gasteiger partial charge in [-0.1, -0.05) is 6.07 Å². The van der Waals surface area contributed by atoms with Crippen molar-refractivity contribution in [1.29, 1.82) is 0 Å². The van der Waals surface area contributed by atoms with Crippen molar-refractivity contribution in [3.05, 3.63) is 42.0 Å². The number of rotatable bonds is 7. The van der Waals surface area contributed by atoms with Gasteiger partial charge in [0, 0.05) is 5.56 Å². The van der Waals surface area contributed by atoms with E-state index in [0.29, 0.717) is 17.0 Å². The van der Waals surface area contributed by atoms with Crippen molar-refractivity contribution in [2.45, 2.75) is 24.8 Å². The number of hydrogen-bond donors (Lipinski definition) is 2. The van der Waals surface area contributed by atoms with Gasteiger partial charge < -0.3 is 9.47 Å². The van der Waals surface area contributed by atoms with Crippen LogP contribution in [0.1, 0.15) is 24.2 Å². The molecule has 0 radical (unpaired) electrons. The Morgan fingerprint density at radius 2 is 1.93 bits per heavy atom. The molecule has 0 aliphatic carbocycles. The highest BCUT2D eigenvalue weighted by atomic mass is 32.2. The molecule has 0 unspecified atom stereocenters. The number of carbonyl (C=O) groups is 1. The third kappa shape index (κ3) is 4.21. The highest BCUT2D eigenvalue weighted by Gasteiger charge is 2.21. The summed E-state index contributed by atoms with van der Waals surface area (Å²) < 4.78 is 43.9. The maximum Gasteiger partial charge on any atom is 0.266 e. The summed E-state index contributed by atoms with van der Waals surface area (Å²) in [5.41, 5.74) is 3.09. The number of aromatic nitrogens is 2. The molecule has 0 bridgehead atoms. The first-order valence-corrected chi connectivity index (χ1v) is 10.4. The first-order valence-electron chi connectivity index (χ1n) is 8.20. The number of fused-ring (bicyclic) bond motifs is 1. The topological polar surface area (TPSA) is 120 Å². The van der Waals surface area contributed by atoms with Crippen LogP contribution in [0.4, 0.5) is 0 Å². The first-order chi connectivity index (χ1) is 13.3. The molecule has 1 heterocycles. The minimum atomic E-state index is -4.03. The Labute approximate surface area is 166 Å². The minimum absolute atomic E-state index is 0.0664. The van der Waals surface area contributed by atoms with Crippen LogP contribution < -0.4 is 19.7 Å². The summed E-state index contributed by atoms with van der Waals surface area (Å²) in [6.07, 6.45) is -0.0664. The van der Waals surface area contributed by atoms with E-state index in [1.54, 1.807) is 18.2 Å². The number of benzene rings is 2. The SMILES string of the molecule is COc1cc(C(=O)NNS(=O)(=O)c2cccc3nsnc23)ccc1OC(C)C. The molecule has 0 aliphatic rings. The van der Waals surface area contributed by atoms with Gasteiger partial charge in [0.25, 0.3) is 15.9 Å². The molecule has 148 valence electrons. The van der Waals surface area contributed by atoms with Gasteiger partial charge in [-0.3, -0.25) is 10.2 Å². The fourth-order valence-corrected chi connectivity index (χ4v) is 4.01. The van der Waals surface area contributed by atoms with Gasteiger partial charge in [-0.15, -0.1) is 4.83 Å². The van der Waals surface area contributed by atoms with Gasteiger partial charge in [0.15, 0.2) is 11.5 Å². The first kappa shape index (κ1) is 20.0. The summed E-state index contributed by atoms with van der Waals surface area (Å²) >= 11 is 0.909. The molecule has 0 saturated carbocycles. The average molecular weight is 422 g/mol. The lowest BCUT2D eigenvalue weighted by molar-refractivity contribution is 0.0944. The lowest BCUT2D eigenvalue weighted by Crippen LogP contribution is -2.41. The molecular weight excluding hydrogens is 404 g/mol. The Kier molecular flexibility index (Phi) is 5.77. The molecule has 3 rings (SSSR count). The molecule has 0 fully saturated rings. The van der Waals surface area contributed by atoms with Crippen LogP contribution in [0.5, 0.6) is 11.5 Å². The summed E-state index contributed by atoms with van der Waals surface area (Å²) in [6, 6.07) is 9.16. The number of nitrogens with one attached hydrogen (secondary N) is 2. The molecule has 1 amide bonds. The van der Waals surface area contributed by atoms with Crippen LogP contribution in [0.15, 0.2) is 41.3 Å². The van der Waals surface area contributed by atoms with Crippen LogP contribution in [-0.4, -0.2) is 36.3 Å². The number of nitrogens with zero attached hydrogens (tertiary/aromatic N) is 2. The van der Waals surface area contributed by atoms with Crippen LogP contribution in [0.2, 0.25) is 0 Å². The Hall–Kier alpha value is -2.76. The summed E-state index contributed by atoms with van der Waals surface area (Å²) in [6.45, 7) is 3.74. The number of ether oxygens (including phenoxy) is 2. The van der Waals surface area contributed by atoms with Gasteiger partial charge in [0.1, 0.15) is 15.9 Å². The van der Waals surface area contributed by atoms with E-state index < -0.39 is 15.9 Å². The Balaban J connectivity index is 1.77. The van der Waals surface area contributed by atoms with Gasteiger partial charge in [-0.2, -0.15) is 8.75 Å². The Morgan fingerprint density at radius 1 is 1.14 bits per heavy atom. The molecule has 0 aliphatic heterocycles. The van der Waals surface area contributed by atoms with E-state index in [4.69, 9.17) is 9.47 Å². The molecule has 0 saturated heterocycles. The van der Waals surface area contributed by atoms with Crippen molar-refractivity contribution in [1.82, 2.24) is 19.0 Å². The molecule has 28 heavy (non-hydrogen) atoms. The number of amides is 1. The number of sulfonamides is 1. The van der Waals surface area contributed by atoms with Crippen molar-refractivity contribution in [3.8, 4) is 11.5 Å². The third-order valence-electron chi connectivity index (χ3n) is 3.63. The highest BCUT2D eigenvalue weighted by molar-refractivity contribution is 7.89. The second-order valence-corrected chi connectivity index (χ2v) is 8.16. The molecule has 0 spiro atoms. The monoisotopic (exact) mass is 422 g/mol. The van der Waals surface area contributed by atoms with E-state index in [-0.39, 0.29) is 22.1 Å². The molecule has 0 atom stereocenters. The van der Waals surface area contributed by atoms with E-state index in [0.717, 1.165) is 11.7 Å². The molecule has 3 aromatic rings. The van der Waals surface area contributed by atoms with Gasteiger partial charge in [-0.25, -0.2) is 8.42 Å². The molecule has 2 aromatic carbocycles. The lowest BCUT2D eigenvalue weighted by atomic mass is 10.2. The van der Waals surface area contributed by atoms with E-state index in [9.17, 15) is 13.2 Å². The number of carbonyl (C=O) groups excluding carboxylic acids is 1. The minimum Gasteiger partial charge on any atom is -0.493 e. The van der Waals surface area contributed by atoms with Crippen LogP contribution in [0.3, 0.4) is 0 Å². The molecule has 9 nitrogen and oxygen atoms in total. The van der Waals surface area contributed by atoms with Crippen molar-refractivity contribution in [2.24, 2.45) is 0 Å². The zero-order valence-corrected chi connectivity index (χ0v) is 16.9. The van der Waals surface area contributed by atoms with Crippen molar-refractivity contribution < 1.29 is 22.7 Å². The number of hydrogen-bond acceptors (Lipinski definition) is 8. The van der Waals surface area contributed by atoms with Crippen molar-refractivity contribution in [3.63, 3.8) is 0 Å². The van der Waals surface area contributed by atoms with Gasteiger partial charge in [0.2, 0.25) is 0 Å². The predicted molar refractivity (Wildman–Crippen MR) is 104 cm³/mol. The average Bonchev–Trinajstić information content (AvgIpc) is 3.14. The van der Waals surface area contributed by atoms with E-state index >= 15 is 0 Å². The number of hydrazine groups is 1. The molecule has 11 heteroatoms. The van der Waals surface area contributed by atoms with E-state index in [1.165, 1.54) is 25.3 Å². The summed E-state index contributed by atoms with van der Waals surface area (Å²) in [7, 11) is -2.58. The second-order valence-electron chi connectivity index (χ2n) is 5.98. The Bertz CT molecular complexity index is 1110. The highest BCUT2D eigenvalue weighted by Crippen LogP contribution is 2.29. The van der Waals surface area contributed by atoms with Gasteiger partial charge in [0.05, 0.1) is 24.9 Å². The predicted octanol–water partition coefficient (Wildman–Crippen LogP) is 2.11. The lowest BCUT2D eigenvalue weighted by Gasteiger charge is -2.14. The fraction of sp³-hybridized carbons (Fsp3) is 0.235. The molecular formula is C17H18N4O5S2.